The highest BCUT2D eigenvalue weighted by atomic mass is 32.2. The number of hydrogen-bond donors (Lipinski definition) is 0. The molecule has 0 N–H and O–H groups in total. The third-order valence-corrected chi connectivity index (χ3v) is 5.33. The van der Waals surface area contributed by atoms with Crippen LogP contribution in [-0.2, 0) is 22.1 Å². The second-order valence-electron chi connectivity index (χ2n) is 5.11. The van der Waals surface area contributed by atoms with Crippen molar-refractivity contribution in [1.82, 2.24) is 4.90 Å². The largest absolute Gasteiger partial charge is 0.380 e. The molecule has 5 heteroatoms. The predicted molar refractivity (Wildman–Crippen MR) is 80.1 cm³/mol. The molecule has 2 atom stereocenters. The molecule has 1 saturated heterocycles. The van der Waals surface area contributed by atoms with E-state index in [-0.39, 0.29) is 11.2 Å². The first-order chi connectivity index (χ1) is 9.61. The van der Waals surface area contributed by atoms with Crippen molar-refractivity contribution in [2.75, 3.05) is 26.0 Å². The van der Waals surface area contributed by atoms with Gasteiger partial charge in [-0.15, -0.1) is 0 Å². The van der Waals surface area contributed by atoms with Gasteiger partial charge in [0, 0.05) is 47.6 Å². The monoisotopic (exact) mass is 295 g/mol. The first-order valence-corrected chi connectivity index (χ1v) is 8.24. The maximum atomic E-state index is 12.4. The second-order valence-corrected chi connectivity index (χ2v) is 7.08. The summed E-state index contributed by atoms with van der Waals surface area (Å²) >= 11 is 0. The van der Waals surface area contributed by atoms with Gasteiger partial charge in [-0.25, -0.2) is 0 Å². The van der Waals surface area contributed by atoms with E-state index in [2.05, 4.69) is 0 Å². The Morgan fingerprint density at radius 3 is 2.70 bits per heavy atom. The SMILES string of the molecule is COCc1ccc(C(=O)N2CCC(C)S(=O)CC2)cc1. The van der Waals surface area contributed by atoms with Crippen molar-refractivity contribution >= 4 is 16.7 Å². The number of ether oxygens (including phenoxy) is 1. The Balaban J connectivity index is 2.04. The summed E-state index contributed by atoms with van der Waals surface area (Å²) in [6.45, 7) is 3.81. The van der Waals surface area contributed by atoms with Gasteiger partial charge >= 0.3 is 0 Å². The van der Waals surface area contributed by atoms with E-state index in [0.717, 1.165) is 12.0 Å². The maximum absolute atomic E-state index is 12.4. The molecule has 1 amide bonds. The van der Waals surface area contributed by atoms with E-state index >= 15 is 0 Å². The minimum absolute atomic E-state index is 0.0278. The standard InChI is InChI=1S/C15H21NO3S/c1-12-7-8-16(9-10-20(12)18)15(17)14-5-3-13(4-6-14)11-19-2/h3-6,12H,7-11H2,1-2H3. The highest BCUT2D eigenvalue weighted by Crippen LogP contribution is 2.14. The molecule has 0 radical (unpaired) electrons. The van der Waals surface area contributed by atoms with Crippen molar-refractivity contribution in [2.45, 2.75) is 25.2 Å². The summed E-state index contributed by atoms with van der Waals surface area (Å²) in [5.41, 5.74) is 1.74. The zero-order chi connectivity index (χ0) is 14.5. The molecule has 1 aliphatic heterocycles. The van der Waals surface area contributed by atoms with Gasteiger partial charge in [-0.2, -0.15) is 0 Å². The fourth-order valence-corrected chi connectivity index (χ4v) is 3.45. The van der Waals surface area contributed by atoms with Gasteiger partial charge in [0.1, 0.15) is 0 Å². The number of methoxy groups -OCH3 is 1. The zero-order valence-electron chi connectivity index (χ0n) is 12.0. The van der Waals surface area contributed by atoms with Crippen LogP contribution >= 0.6 is 0 Å². The number of carbonyl (C=O) groups is 1. The van der Waals surface area contributed by atoms with Gasteiger partial charge in [-0.05, 0) is 24.1 Å². The Morgan fingerprint density at radius 2 is 2.05 bits per heavy atom. The lowest BCUT2D eigenvalue weighted by Crippen LogP contribution is -2.33. The van der Waals surface area contributed by atoms with Crippen molar-refractivity contribution in [2.24, 2.45) is 0 Å². The van der Waals surface area contributed by atoms with Crippen LogP contribution in [0.5, 0.6) is 0 Å². The number of nitrogens with zero attached hydrogens (tertiary/aromatic N) is 1. The normalized spacial score (nSPS) is 23.4. The molecule has 1 aromatic rings. The van der Waals surface area contributed by atoms with Crippen molar-refractivity contribution in [1.29, 1.82) is 0 Å². The minimum Gasteiger partial charge on any atom is -0.380 e. The van der Waals surface area contributed by atoms with Crippen molar-refractivity contribution in [3.63, 3.8) is 0 Å². The first kappa shape index (κ1) is 15.2. The number of amides is 1. The van der Waals surface area contributed by atoms with Gasteiger partial charge in [0.15, 0.2) is 0 Å². The Morgan fingerprint density at radius 1 is 1.35 bits per heavy atom. The van der Waals surface area contributed by atoms with E-state index < -0.39 is 10.8 Å². The summed E-state index contributed by atoms with van der Waals surface area (Å²) in [5, 5.41) is 0.178. The van der Waals surface area contributed by atoms with Crippen LogP contribution in [0.25, 0.3) is 0 Å². The first-order valence-electron chi connectivity index (χ1n) is 6.86. The quantitative estimate of drug-likeness (QED) is 0.854. The molecular formula is C15H21NO3S. The fourth-order valence-electron chi connectivity index (χ4n) is 2.28. The summed E-state index contributed by atoms with van der Waals surface area (Å²) in [4.78, 5) is 14.2. The molecular weight excluding hydrogens is 274 g/mol. The van der Waals surface area contributed by atoms with Gasteiger partial charge in [-0.1, -0.05) is 19.1 Å². The van der Waals surface area contributed by atoms with E-state index in [4.69, 9.17) is 4.74 Å². The molecule has 110 valence electrons. The van der Waals surface area contributed by atoms with Crippen molar-refractivity contribution < 1.29 is 13.7 Å². The molecule has 0 saturated carbocycles. The fraction of sp³-hybridized carbons (Fsp3) is 0.533. The lowest BCUT2D eigenvalue weighted by Gasteiger charge is -2.20. The Bertz CT molecular complexity index is 486. The molecule has 0 aromatic heterocycles. The molecule has 0 spiro atoms. The van der Waals surface area contributed by atoms with Crippen LogP contribution in [-0.4, -0.2) is 46.2 Å². The van der Waals surface area contributed by atoms with Crippen LogP contribution in [0.15, 0.2) is 24.3 Å². The number of hydrogen-bond acceptors (Lipinski definition) is 3. The van der Waals surface area contributed by atoms with Gasteiger partial charge in [-0.3, -0.25) is 9.00 Å². The van der Waals surface area contributed by atoms with Crippen molar-refractivity contribution in [3.8, 4) is 0 Å². The predicted octanol–water partition coefficient (Wildman–Crippen LogP) is 1.82. The molecule has 1 heterocycles. The third-order valence-electron chi connectivity index (χ3n) is 3.62. The molecule has 1 fully saturated rings. The van der Waals surface area contributed by atoms with Gasteiger partial charge < -0.3 is 9.64 Å². The Hall–Kier alpha value is -1.20. The van der Waals surface area contributed by atoms with Gasteiger partial charge in [0.2, 0.25) is 0 Å². The van der Waals surface area contributed by atoms with E-state index in [1.807, 2.05) is 36.1 Å². The zero-order valence-corrected chi connectivity index (χ0v) is 12.8. The average Bonchev–Trinajstić information content (AvgIpc) is 2.62. The summed E-state index contributed by atoms with van der Waals surface area (Å²) in [6, 6.07) is 7.49. The highest BCUT2D eigenvalue weighted by Gasteiger charge is 2.23. The van der Waals surface area contributed by atoms with Crippen molar-refractivity contribution in [3.05, 3.63) is 35.4 Å². The molecule has 2 rings (SSSR count). The van der Waals surface area contributed by atoms with E-state index in [1.165, 1.54) is 0 Å². The lowest BCUT2D eigenvalue weighted by atomic mass is 10.1. The molecule has 0 bridgehead atoms. The second kappa shape index (κ2) is 6.99. The molecule has 0 aliphatic carbocycles. The molecule has 1 aromatic carbocycles. The summed E-state index contributed by atoms with van der Waals surface area (Å²) in [5.74, 6) is 0.606. The average molecular weight is 295 g/mol. The summed E-state index contributed by atoms with van der Waals surface area (Å²) in [7, 11) is 0.838. The van der Waals surface area contributed by atoms with Gasteiger partial charge in [0.05, 0.1) is 6.61 Å². The number of benzene rings is 1. The van der Waals surface area contributed by atoms with Crippen LogP contribution in [0.4, 0.5) is 0 Å². The highest BCUT2D eigenvalue weighted by molar-refractivity contribution is 7.85. The number of carbonyl (C=O) groups excluding carboxylic acids is 1. The summed E-state index contributed by atoms with van der Waals surface area (Å²) in [6.07, 6.45) is 0.806. The lowest BCUT2D eigenvalue weighted by molar-refractivity contribution is 0.0767. The van der Waals surface area contributed by atoms with E-state index in [0.29, 0.717) is 31.0 Å². The van der Waals surface area contributed by atoms with Gasteiger partial charge in [0.25, 0.3) is 5.91 Å². The molecule has 1 aliphatic rings. The Kier molecular flexibility index (Phi) is 5.31. The summed E-state index contributed by atoms with van der Waals surface area (Å²) < 4.78 is 16.9. The van der Waals surface area contributed by atoms with Crippen LogP contribution in [0.2, 0.25) is 0 Å². The van der Waals surface area contributed by atoms with E-state index in [9.17, 15) is 9.00 Å². The molecule has 4 nitrogen and oxygen atoms in total. The van der Waals surface area contributed by atoms with E-state index in [1.54, 1.807) is 7.11 Å². The Labute approximate surface area is 122 Å². The van der Waals surface area contributed by atoms with Crippen LogP contribution in [0, 0.1) is 0 Å². The number of rotatable bonds is 3. The van der Waals surface area contributed by atoms with Crippen LogP contribution < -0.4 is 0 Å². The molecule has 20 heavy (non-hydrogen) atoms. The smallest absolute Gasteiger partial charge is 0.253 e. The van der Waals surface area contributed by atoms with Crippen LogP contribution in [0.1, 0.15) is 29.3 Å². The molecule has 2 unspecified atom stereocenters. The maximum Gasteiger partial charge on any atom is 0.253 e. The topological polar surface area (TPSA) is 46.6 Å². The van der Waals surface area contributed by atoms with Crippen LogP contribution in [0.3, 0.4) is 0 Å². The minimum atomic E-state index is -0.813. The third kappa shape index (κ3) is 3.67.